The van der Waals surface area contributed by atoms with Gasteiger partial charge in [-0.2, -0.15) is 0 Å². The molecule has 0 amide bonds. The topological polar surface area (TPSA) is 52.6 Å². The summed E-state index contributed by atoms with van der Waals surface area (Å²) in [5.74, 6) is -1.19. The van der Waals surface area contributed by atoms with Crippen molar-refractivity contribution in [3.63, 3.8) is 0 Å². The van der Waals surface area contributed by atoms with Gasteiger partial charge in [0.2, 0.25) is 0 Å². The zero-order chi connectivity index (χ0) is 21.5. The van der Waals surface area contributed by atoms with Crippen LogP contribution >= 0.6 is 23.2 Å². The van der Waals surface area contributed by atoms with Gasteiger partial charge < -0.3 is 9.47 Å². The van der Waals surface area contributed by atoms with Gasteiger partial charge in [-0.1, -0.05) is 48.3 Å². The Balaban J connectivity index is 1.80. The molecule has 0 aromatic heterocycles. The summed E-state index contributed by atoms with van der Waals surface area (Å²) in [5.41, 5.74) is 2.35. The number of ether oxygens (including phenoxy) is 2. The number of hydrogen-bond donors (Lipinski definition) is 0. The molecule has 2 aromatic rings. The van der Waals surface area contributed by atoms with Crippen LogP contribution in [0, 0.1) is 0 Å². The van der Waals surface area contributed by atoms with Crippen molar-refractivity contribution in [3.05, 3.63) is 57.6 Å². The third-order valence-electron chi connectivity index (χ3n) is 6.11. The highest BCUT2D eigenvalue weighted by molar-refractivity contribution is 6.36. The molecule has 2 heterocycles. The first kappa shape index (κ1) is 21.5. The molecule has 0 aliphatic carbocycles. The smallest absolute Gasteiger partial charge is 0.181 e. The van der Waals surface area contributed by atoms with Crippen molar-refractivity contribution in [1.29, 1.82) is 0 Å². The first-order valence-electron chi connectivity index (χ1n) is 10.3. The van der Waals surface area contributed by atoms with Crippen molar-refractivity contribution in [2.24, 2.45) is 0 Å². The molecule has 0 N–H and O–H groups in total. The molecule has 3 atom stereocenters. The largest absolute Gasteiger partial charge is 0.378 e. The van der Waals surface area contributed by atoms with Gasteiger partial charge in [-0.05, 0) is 61.1 Å². The fourth-order valence-corrected chi connectivity index (χ4v) is 5.05. The summed E-state index contributed by atoms with van der Waals surface area (Å²) in [7, 11) is 0. The minimum absolute atomic E-state index is 0.154. The van der Waals surface area contributed by atoms with Crippen molar-refractivity contribution in [2.75, 3.05) is 13.2 Å². The number of benzene rings is 2. The lowest BCUT2D eigenvalue weighted by molar-refractivity contribution is -0.170. The van der Waals surface area contributed by atoms with Gasteiger partial charge in [0.1, 0.15) is 12.0 Å². The van der Waals surface area contributed by atoms with Gasteiger partial charge in [0.25, 0.3) is 0 Å². The van der Waals surface area contributed by atoms with E-state index in [0.29, 0.717) is 35.9 Å². The number of halogens is 2. The van der Waals surface area contributed by atoms with Crippen molar-refractivity contribution in [1.82, 2.24) is 0 Å². The van der Waals surface area contributed by atoms with Gasteiger partial charge in [0.05, 0.1) is 6.61 Å². The Kier molecular flexibility index (Phi) is 6.04. The first-order chi connectivity index (χ1) is 14.4. The zero-order valence-corrected chi connectivity index (χ0v) is 18.6. The average molecular weight is 447 g/mol. The van der Waals surface area contributed by atoms with Gasteiger partial charge in [0.15, 0.2) is 17.2 Å². The molecule has 0 saturated carbocycles. The molecule has 2 bridgehead atoms. The molecule has 2 aliphatic rings. The lowest BCUT2D eigenvalue weighted by Gasteiger charge is -2.36. The van der Waals surface area contributed by atoms with Crippen molar-refractivity contribution >= 4 is 34.8 Å². The molecule has 2 aromatic carbocycles. The summed E-state index contributed by atoms with van der Waals surface area (Å²) in [6.07, 6.45) is 1.23. The number of ketones is 2. The van der Waals surface area contributed by atoms with Gasteiger partial charge >= 0.3 is 0 Å². The van der Waals surface area contributed by atoms with Crippen LogP contribution in [0.4, 0.5) is 0 Å². The summed E-state index contributed by atoms with van der Waals surface area (Å²) < 4.78 is 11.5. The van der Waals surface area contributed by atoms with Gasteiger partial charge in [0, 0.05) is 22.2 Å². The second-order valence-corrected chi connectivity index (χ2v) is 8.71. The number of carbonyl (C=O) groups is 2. The van der Waals surface area contributed by atoms with E-state index in [1.807, 2.05) is 38.1 Å². The summed E-state index contributed by atoms with van der Waals surface area (Å²) in [6.45, 7) is 4.58. The van der Waals surface area contributed by atoms with Crippen LogP contribution in [0.3, 0.4) is 0 Å². The van der Waals surface area contributed by atoms with Crippen LogP contribution in [0.2, 0.25) is 10.0 Å². The van der Waals surface area contributed by atoms with Crippen LogP contribution < -0.4 is 0 Å². The standard InChI is InChI=1S/C24H24Cl2O4/c1-3-14-5-6-15(17-8-7-16(25)12-19(17)26)11-18(14)21-22(27)20-9-10-24(30-20,23(21)28)13-29-4-2/h5-8,11-12,20-21H,3-4,9-10,13H2,1-2H3/t20-,21?,24-/m0/s1. The Morgan fingerprint density at radius 2 is 1.93 bits per heavy atom. The second kappa shape index (κ2) is 8.43. The van der Waals surface area contributed by atoms with E-state index in [4.69, 9.17) is 32.7 Å². The van der Waals surface area contributed by atoms with E-state index in [1.54, 1.807) is 12.1 Å². The highest BCUT2D eigenvalue weighted by atomic mass is 35.5. The number of fused-ring (bicyclic) bond motifs is 2. The fourth-order valence-electron chi connectivity index (χ4n) is 4.53. The molecule has 158 valence electrons. The maximum absolute atomic E-state index is 13.6. The van der Waals surface area contributed by atoms with Crippen molar-refractivity contribution < 1.29 is 19.1 Å². The van der Waals surface area contributed by atoms with Crippen LogP contribution in [0.5, 0.6) is 0 Å². The maximum atomic E-state index is 13.6. The molecule has 2 aliphatic heterocycles. The summed E-state index contributed by atoms with van der Waals surface area (Å²) >= 11 is 12.5. The van der Waals surface area contributed by atoms with E-state index >= 15 is 0 Å². The van der Waals surface area contributed by atoms with Gasteiger partial charge in [-0.3, -0.25) is 9.59 Å². The van der Waals surface area contributed by atoms with Crippen LogP contribution in [0.25, 0.3) is 11.1 Å². The minimum Gasteiger partial charge on any atom is -0.378 e. The normalized spacial score (nSPS) is 25.7. The molecular weight excluding hydrogens is 423 g/mol. The van der Waals surface area contributed by atoms with Gasteiger partial charge in [-0.15, -0.1) is 0 Å². The summed E-state index contributed by atoms with van der Waals surface area (Å²) in [4.78, 5) is 26.8. The van der Waals surface area contributed by atoms with Gasteiger partial charge in [-0.25, -0.2) is 0 Å². The highest BCUT2D eigenvalue weighted by Gasteiger charge is 2.58. The average Bonchev–Trinajstić information content (AvgIpc) is 3.14. The van der Waals surface area contributed by atoms with E-state index in [1.165, 1.54) is 0 Å². The van der Waals surface area contributed by atoms with Crippen LogP contribution in [0.15, 0.2) is 36.4 Å². The quantitative estimate of drug-likeness (QED) is 0.556. The van der Waals surface area contributed by atoms with E-state index in [9.17, 15) is 9.59 Å². The Morgan fingerprint density at radius 3 is 2.63 bits per heavy atom. The van der Waals surface area contributed by atoms with Crippen LogP contribution in [-0.4, -0.2) is 36.5 Å². The molecule has 6 heteroatoms. The van der Waals surface area contributed by atoms with E-state index < -0.39 is 17.6 Å². The van der Waals surface area contributed by atoms with E-state index in [0.717, 1.165) is 22.3 Å². The molecule has 30 heavy (non-hydrogen) atoms. The summed E-state index contributed by atoms with van der Waals surface area (Å²) in [6, 6.07) is 11.2. The lowest BCUT2D eigenvalue weighted by atomic mass is 9.78. The van der Waals surface area contributed by atoms with Crippen molar-refractivity contribution in [2.45, 2.75) is 50.7 Å². The fraction of sp³-hybridized carbons (Fsp3) is 0.417. The van der Waals surface area contributed by atoms with E-state index in [2.05, 4.69) is 0 Å². The number of hydrogen-bond acceptors (Lipinski definition) is 4. The van der Waals surface area contributed by atoms with Crippen LogP contribution in [0.1, 0.15) is 43.7 Å². The third kappa shape index (κ3) is 3.60. The van der Waals surface area contributed by atoms with Crippen LogP contribution in [-0.2, 0) is 25.5 Å². The zero-order valence-electron chi connectivity index (χ0n) is 17.0. The number of rotatable bonds is 6. The molecule has 2 saturated heterocycles. The minimum atomic E-state index is -1.03. The molecule has 4 rings (SSSR count). The highest BCUT2D eigenvalue weighted by Crippen LogP contribution is 2.45. The Bertz CT molecular complexity index is 1000. The number of carbonyl (C=O) groups excluding carboxylic acids is 2. The predicted molar refractivity (Wildman–Crippen MR) is 117 cm³/mol. The molecule has 1 unspecified atom stereocenters. The molecule has 4 nitrogen and oxygen atoms in total. The maximum Gasteiger partial charge on any atom is 0.181 e. The Morgan fingerprint density at radius 1 is 1.13 bits per heavy atom. The molecular formula is C24H24Cl2O4. The van der Waals surface area contributed by atoms with E-state index in [-0.39, 0.29) is 18.2 Å². The Hall–Kier alpha value is -1.72. The lowest BCUT2D eigenvalue weighted by Crippen LogP contribution is -2.53. The first-order valence-corrected chi connectivity index (χ1v) is 11.1. The molecule has 0 spiro atoms. The van der Waals surface area contributed by atoms with Crippen molar-refractivity contribution in [3.8, 4) is 11.1 Å². The Labute approximate surface area is 186 Å². The SMILES string of the molecule is CCOC[C@]12CC[C@H](O1)C(=O)C(c1cc(-c3ccc(Cl)cc3Cl)ccc1CC)C2=O. The monoisotopic (exact) mass is 446 g/mol. The third-order valence-corrected chi connectivity index (χ3v) is 6.66. The summed E-state index contributed by atoms with van der Waals surface area (Å²) in [5, 5.41) is 1.08. The predicted octanol–water partition coefficient (Wildman–Crippen LogP) is 5.41. The molecule has 0 radical (unpaired) electrons. The second-order valence-electron chi connectivity index (χ2n) is 7.87. The number of aryl methyl sites for hydroxylation is 1. The molecule has 2 fully saturated rings. The number of Topliss-reactive ketones (excluding diaryl/α,β-unsaturated/α-hetero) is 2.